The summed E-state index contributed by atoms with van der Waals surface area (Å²) in [7, 11) is 0. The lowest BCUT2D eigenvalue weighted by atomic mass is 9.82. The van der Waals surface area contributed by atoms with Gasteiger partial charge in [-0.3, -0.25) is 0 Å². The lowest BCUT2D eigenvalue weighted by molar-refractivity contribution is 0.280. The molecule has 0 aliphatic carbocycles. The van der Waals surface area contributed by atoms with Crippen LogP contribution in [0.5, 0.6) is 0 Å². The lowest BCUT2D eigenvalue weighted by Crippen LogP contribution is -2.37. The van der Waals surface area contributed by atoms with Crippen molar-refractivity contribution < 1.29 is 5.21 Å². The van der Waals surface area contributed by atoms with E-state index in [9.17, 15) is 0 Å². The Morgan fingerprint density at radius 3 is 2.53 bits per heavy atom. The van der Waals surface area contributed by atoms with E-state index in [0.29, 0.717) is 11.0 Å². The molecule has 19 heavy (non-hydrogen) atoms. The quantitative estimate of drug-likeness (QED) is 0.380. The van der Waals surface area contributed by atoms with Crippen molar-refractivity contribution in [1.29, 1.82) is 0 Å². The van der Waals surface area contributed by atoms with Crippen LogP contribution in [0.25, 0.3) is 0 Å². The monoisotopic (exact) mass is 325 g/mol. The van der Waals surface area contributed by atoms with E-state index in [0.717, 1.165) is 17.6 Å². The van der Waals surface area contributed by atoms with Gasteiger partial charge in [0.25, 0.3) is 0 Å². The number of hydrogen-bond acceptors (Lipinski definition) is 3. The van der Waals surface area contributed by atoms with Gasteiger partial charge in [0, 0.05) is 28.8 Å². The highest BCUT2D eigenvalue weighted by molar-refractivity contribution is 9.10. The zero-order chi connectivity index (χ0) is 14.0. The number of halogens is 1. The maximum atomic E-state index is 8.72. The molecule has 3 N–H and O–H groups in total. The first kappa shape index (κ1) is 14.2. The molecule has 0 radical (unpaired) electrons. The number of rotatable bonds is 2. The van der Waals surface area contributed by atoms with Gasteiger partial charge in [-0.05, 0) is 52.4 Å². The summed E-state index contributed by atoms with van der Waals surface area (Å²) in [6.45, 7) is 6.79. The van der Waals surface area contributed by atoms with Crippen LogP contribution >= 0.6 is 15.9 Å². The third-order valence-electron chi connectivity index (χ3n) is 3.82. The number of piperidine rings is 1. The molecule has 0 atom stereocenters. The van der Waals surface area contributed by atoms with Crippen LogP contribution < -0.4 is 10.6 Å². The SMILES string of the molecule is CC1(C)CCN(c2ccc(/C(N)=N/O)c(Br)c2)CC1. The van der Waals surface area contributed by atoms with Gasteiger partial charge in [-0.25, -0.2) is 0 Å². The Morgan fingerprint density at radius 2 is 2.00 bits per heavy atom. The predicted octanol–water partition coefficient (Wildman–Crippen LogP) is 3.17. The van der Waals surface area contributed by atoms with Crippen molar-refractivity contribution in [2.75, 3.05) is 18.0 Å². The van der Waals surface area contributed by atoms with Gasteiger partial charge in [0.15, 0.2) is 5.84 Å². The van der Waals surface area contributed by atoms with Crippen LogP contribution in [-0.2, 0) is 0 Å². The summed E-state index contributed by atoms with van der Waals surface area (Å²) in [5, 5.41) is 11.8. The Balaban J connectivity index is 2.17. The predicted molar refractivity (Wildman–Crippen MR) is 81.9 cm³/mol. The molecule has 0 spiro atoms. The smallest absolute Gasteiger partial charge is 0.171 e. The Morgan fingerprint density at radius 1 is 1.37 bits per heavy atom. The number of amidine groups is 1. The van der Waals surface area contributed by atoms with Crippen molar-refractivity contribution in [1.82, 2.24) is 0 Å². The zero-order valence-electron chi connectivity index (χ0n) is 11.4. The molecule has 1 aliphatic rings. The molecular weight excluding hydrogens is 306 g/mol. The molecule has 1 aliphatic heterocycles. The molecule has 1 saturated heterocycles. The summed E-state index contributed by atoms with van der Waals surface area (Å²) in [6.07, 6.45) is 2.40. The molecule has 1 fully saturated rings. The average Bonchev–Trinajstić information content (AvgIpc) is 2.37. The van der Waals surface area contributed by atoms with Gasteiger partial charge < -0.3 is 15.8 Å². The van der Waals surface area contributed by atoms with Crippen LogP contribution in [0, 0.1) is 5.41 Å². The summed E-state index contributed by atoms with van der Waals surface area (Å²) in [6, 6.07) is 5.94. The van der Waals surface area contributed by atoms with Gasteiger partial charge in [-0.2, -0.15) is 0 Å². The van der Waals surface area contributed by atoms with Crippen LogP contribution in [0.15, 0.2) is 27.8 Å². The van der Waals surface area contributed by atoms with E-state index >= 15 is 0 Å². The van der Waals surface area contributed by atoms with Gasteiger partial charge in [-0.1, -0.05) is 19.0 Å². The minimum absolute atomic E-state index is 0.123. The first-order chi connectivity index (χ1) is 8.93. The fourth-order valence-electron chi connectivity index (χ4n) is 2.33. The molecule has 5 heteroatoms. The van der Waals surface area contributed by atoms with E-state index in [1.807, 2.05) is 18.2 Å². The standard InChI is InChI=1S/C14H20BrN3O/c1-14(2)5-7-18(8-6-14)10-3-4-11(12(15)9-10)13(16)17-19/h3-4,9,19H,5-8H2,1-2H3,(H2,16,17). The molecule has 0 unspecified atom stereocenters. The van der Waals surface area contributed by atoms with Crippen LogP contribution in [0.1, 0.15) is 32.3 Å². The Kier molecular flexibility index (Phi) is 4.04. The molecule has 0 aromatic heterocycles. The van der Waals surface area contributed by atoms with Gasteiger partial charge >= 0.3 is 0 Å². The fourth-order valence-corrected chi connectivity index (χ4v) is 2.90. The highest BCUT2D eigenvalue weighted by atomic mass is 79.9. The lowest BCUT2D eigenvalue weighted by Gasteiger charge is -2.38. The number of benzene rings is 1. The topological polar surface area (TPSA) is 61.8 Å². The molecule has 2 rings (SSSR count). The summed E-state index contributed by atoms with van der Waals surface area (Å²) < 4.78 is 0.852. The van der Waals surface area contributed by atoms with E-state index in [1.165, 1.54) is 18.5 Å². The summed E-state index contributed by atoms with van der Waals surface area (Å²) >= 11 is 3.48. The second-order valence-electron chi connectivity index (χ2n) is 5.80. The second kappa shape index (κ2) is 5.41. The molecule has 1 heterocycles. The van der Waals surface area contributed by atoms with E-state index in [-0.39, 0.29) is 5.84 Å². The molecular formula is C14H20BrN3O. The van der Waals surface area contributed by atoms with Crippen molar-refractivity contribution in [2.45, 2.75) is 26.7 Å². The minimum Gasteiger partial charge on any atom is -0.409 e. The molecule has 104 valence electrons. The van der Waals surface area contributed by atoms with E-state index in [4.69, 9.17) is 10.9 Å². The van der Waals surface area contributed by atoms with Gasteiger partial charge in [0.2, 0.25) is 0 Å². The molecule has 0 amide bonds. The molecule has 0 saturated carbocycles. The first-order valence-electron chi connectivity index (χ1n) is 6.45. The van der Waals surface area contributed by atoms with Crippen molar-refractivity contribution in [2.24, 2.45) is 16.3 Å². The second-order valence-corrected chi connectivity index (χ2v) is 6.65. The normalized spacial score (nSPS) is 19.5. The summed E-state index contributed by atoms with van der Waals surface area (Å²) in [5.41, 5.74) is 7.95. The van der Waals surface area contributed by atoms with Gasteiger partial charge in [-0.15, -0.1) is 0 Å². The van der Waals surface area contributed by atoms with Crippen molar-refractivity contribution in [3.05, 3.63) is 28.2 Å². The molecule has 1 aromatic rings. The molecule has 4 nitrogen and oxygen atoms in total. The third-order valence-corrected chi connectivity index (χ3v) is 4.47. The third kappa shape index (κ3) is 3.21. The number of nitrogens with zero attached hydrogens (tertiary/aromatic N) is 2. The maximum absolute atomic E-state index is 8.72. The highest BCUT2D eigenvalue weighted by Crippen LogP contribution is 2.33. The average molecular weight is 326 g/mol. The minimum atomic E-state index is 0.123. The van der Waals surface area contributed by atoms with Gasteiger partial charge in [0.1, 0.15) is 0 Å². The number of oxime groups is 1. The highest BCUT2D eigenvalue weighted by Gasteiger charge is 2.25. The van der Waals surface area contributed by atoms with Crippen LogP contribution in [0.3, 0.4) is 0 Å². The maximum Gasteiger partial charge on any atom is 0.171 e. The Hall–Kier alpha value is -1.23. The Labute approximate surface area is 122 Å². The largest absolute Gasteiger partial charge is 0.409 e. The van der Waals surface area contributed by atoms with Crippen molar-refractivity contribution >= 4 is 27.5 Å². The first-order valence-corrected chi connectivity index (χ1v) is 7.25. The van der Waals surface area contributed by atoms with E-state index < -0.39 is 0 Å². The summed E-state index contributed by atoms with van der Waals surface area (Å²) in [5.74, 6) is 0.123. The van der Waals surface area contributed by atoms with E-state index in [1.54, 1.807) is 0 Å². The zero-order valence-corrected chi connectivity index (χ0v) is 12.9. The number of anilines is 1. The number of nitrogens with two attached hydrogens (primary N) is 1. The van der Waals surface area contributed by atoms with Crippen molar-refractivity contribution in [3.63, 3.8) is 0 Å². The summed E-state index contributed by atoms with van der Waals surface area (Å²) in [4.78, 5) is 2.38. The van der Waals surface area contributed by atoms with Crippen LogP contribution in [0.4, 0.5) is 5.69 Å². The van der Waals surface area contributed by atoms with Crippen molar-refractivity contribution in [3.8, 4) is 0 Å². The number of hydrogen-bond donors (Lipinski definition) is 2. The Bertz CT molecular complexity index is 489. The molecule has 0 bridgehead atoms. The van der Waals surface area contributed by atoms with Gasteiger partial charge in [0.05, 0.1) is 0 Å². The van der Waals surface area contributed by atoms with Crippen LogP contribution in [-0.4, -0.2) is 24.1 Å². The fraction of sp³-hybridized carbons (Fsp3) is 0.500. The molecule has 1 aromatic carbocycles. The van der Waals surface area contributed by atoms with E-state index in [2.05, 4.69) is 39.8 Å². The van der Waals surface area contributed by atoms with Crippen LogP contribution in [0.2, 0.25) is 0 Å².